The Morgan fingerprint density at radius 1 is 1.36 bits per heavy atom. The Kier molecular flexibility index (Phi) is 5.44. The summed E-state index contributed by atoms with van der Waals surface area (Å²) in [5.74, 6) is -0.225. The molecule has 1 heterocycles. The van der Waals surface area contributed by atoms with Gasteiger partial charge in [0.15, 0.2) is 0 Å². The van der Waals surface area contributed by atoms with Crippen molar-refractivity contribution in [2.24, 2.45) is 5.73 Å². The maximum atomic E-state index is 10.6. The molecular weight excluding hydrogens is 178 g/mol. The average molecular weight is 197 g/mol. The van der Waals surface area contributed by atoms with E-state index in [4.69, 9.17) is 5.73 Å². The van der Waals surface area contributed by atoms with Gasteiger partial charge in [0.25, 0.3) is 5.91 Å². The summed E-state index contributed by atoms with van der Waals surface area (Å²) in [5, 5.41) is 0. The van der Waals surface area contributed by atoms with Crippen LogP contribution in [0.25, 0.3) is 0 Å². The molecule has 1 rings (SSSR count). The van der Waals surface area contributed by atoms with Gasteiger partial charge in [-0.25, -0.2) is 4.98 Å². The van der Waals surface area contributed by atoms with E-state index in [0.717, 1.165) is 5.69 Å². The van der Waals surface area contributed by atoms with Gasteiger partial charge in [-0.05, 0) is 5.92 Å². The summed E-state index contributed by atoms with van der Waals surface area (Å²) in [7, 11) is 0. The fraction of sp³-hybridized carbons (Fsp3) is 0.500. The molecule has 4 nitrogen and oxygen atoms in total. The number of carbonyl (C=O) groups is 1. The number of rotatable bonds is 2. The molecular formula is C10H19N3O. The fourth-order valence-corrected chi connectivity index (χ4v) is 0.763. The maximum Gasteiger partial charge on any atom is 0.268 e. The summed E-state index contributed by atoms with van der Waals surface area (Å²) in [6, 6.07) is 0. The van der Waals surface area contributed by atoms with E-state index in [1.165, 1.54) is 6.20 Å². The summed E-state index contributed by atoms with van der Waals surface area (Å²) in [5.41, 5.74) is 6.07. The molecule has 0 aliphatic rings. The Balaban J connectivity index is 0. The van der Waals surface area contributed by atoms with Gasteiger partial charge in [-0.15, -0.1) is 0 Å². The lowest BCUT2D eigenvalue weighted by atomic mass is 10.1. The van der Waals surface area contributed by atoms with E-state index < -0.39 is 5.91 Å². The summed E-state index contributed by atoms with van der Waals surface area (Å²) in [4.78, 5) is 18.5. The molecule has 1 aromatic heterocycles. The maximum absolute atomic E-state index is 10.6. The number of aromatic nitrogens is 2. The lowest BCUT2D eigenvalue weighted by molar-refractivity contribution is 0.0995. The monoisotopic (exact) mass is 197 g/mol. The third-order valence-electron chi connectivity index (χ3n) is 1.52. The highest BCUT2D eigenvalue weighted by Crippen LogP contribution is 2.08. The molecule has 2 N–H and O–H groups in total. The molecule has 0 radical (unpaired) electrons. The van der Waals surface area contributed by atoms with Gasteiger partial charge in [0.1, 0.15) is 5.69 Å². The zero-order chi connectivity index (χ0) is 11.1. The van der Waals surface area contributed by atoms with Gasteiger partial charge in [0, 0.05) is 7.62 Å². The van der Waals surface area contributed by atoms with Crippen LogP contribution in [-0.4, -0.2) is 15.9 Å². The first kappa shape index (κ1) is 12.6. The minimum atomic E-state index is -0.544. The fourth-order valence-electron chi connectivity index (χ4n) is 0.763. The predicted octanol–water partition coefficient (Wildman–Crippen LogP) is 1.97. The van der Waals surface area contributed by atoms with Crippen LogP contribution in [0.3, 0.4) is 0 Å². The lowest BCUT2D eigenvalue weighted by Crippen LogP contribution is -2.13. The van der Waals surface area contributed by atoms with Crippen LogP contribution in [-0.2, 0) is 0 Å². The SMILES string of the molecule is CC.CC(C)c1cnc(C(N)=O)cn1.[HH]. The van der Waals surface area contributed by atoms with Crippen LogP contribution in [0.1, 0.15) is 51.2 Å². The van der Waals surface area contributed by atoms with Crippen LogP contribution < -0.4 is 5.73 Å². The first-order chi connectivity index (χ1) is 6.61. The second-order valence-corrected chi connectivity index (χ2v) is 2.85. The number of hydrogen-bond donors (Lipinski definition) is 1. The molecule has 0 bridgehead atoms. The van der Waals surface area contributed by atoms with Gasteiger partial charge < -0.3 is 5.73 Å². The van der Waals surface area contributed by atoms with E-state index >= 15 is 0 Å². The van der Waals surface area contributed by atoms with E-state index in [2.05, 4.69) is 9.97 Å². The van der Waals surface area contributed by atoms with Gasteiger partial charge in [0.05, 0.1) is 11.9 Å². The summed E-state index contributed by atoms with van der Waals surface area (Å²) >= 11 is 0. The van der Waals surface area contributed by atoms with Crippen LogP contribution in [0.2, 0.25) is 0 Å². The highest BCUT2D eigenvalue weighted by atomic mass is 16.1. The molecule has 14 heavy (non-hydrogen) atoms. The Labute approximate surface area is 86.1 Å². The number of carbonyl (C=O) groups excluding carboxylic acids is 1. The van der Waals surface area contributed by atoms with Gasteiger partial charge in [-0.2, -0.15) is 0 Å². The third-order valence-corrected chi connectivity index (χ3v) is 1.52. The smallest absolute Gasteiger partial charge is 0.268 e. The number of amides is 1. The molecule has 0 fully saturated rings. The molecule has 4 heteroatoms. The Morgan fingerprint density at radius 3 is 2.21 bits per heavy atom. The van der Waals surface area contributed by atoms with Gasteiger partial charge in [-0.3, -0.25) is 9.78 Å². The lowest BCUT2D eigenvalue weighted by Gasteiger charge is -2.02. The highest BCUT2D eigenvalue weighted by molar-refractivity contribution is 5.90. The van der Waals surface area contributed by atoms with E-state index in [0.29, 0.717) is 5.92 Å². The highest BCUT2D eigenvalue weighted by Gasteiger charge is 2.04. The topological polar surface area (TPSA) is 68.9 Å². The zero-order valence-electron chi connectivity index (χ0n) is 9.11. The van der Waals surface area contributed by atoms with Crippen molar-refractivity contribution in [1.82, 2.24) is 9.97 Å². The third kappa shape index (κ3) is 3.51. The zero-order valence-corrected chi connectivity index (χ0v) is 9.11. The minimum absolute atomic E-state index is 0. The van der Waals surface area contributed by atoms with Crippen molar-refractivity contribution < 1.29 is 6.22 Å². The molecule has 0 aliphatic heterocycles. The number of nitrogens with zero attached hydrogens (tertiary/aromatic N) is 2. The minimum Gasteiger partial charge on any atom is -0.364 e. The van der Waals surface area contributed by atoms with E-state index in [1.807, 2.05) is 27.7 Å². The largest absolute Gasteiger partial charge is 0.364 e. The van der Waals surface area contributed by atoms with Crippen LogP contribution in [0.5, 0.6) is 0 Å². The first-order valence-electron chi connectivity index (χ1n) is 4.73. The molecule has 0 aliphatic carbocycles. The van der Waals surface area contributed by atoms with E-state index in [-0.39, 0.29) is 7.12 Å². The number of nitrogens with two attached hydrogens (primary N) is 1. The summed E-state index contributed by atoms with van der Waals surface area (Å²) < 4.78 is 0. The summed E-state index contributed by atoms with van der Waals surface area (Å²) in [6.07, 6.45) is 2.97. The predicted molar refractivity (Wildman–Crippen MR) is 58.1 cm³/mol. The Bertz CT molecular complexity index is 285. The molecule has 0 aromatic carbocycles. The molecule has 1 amide bonds. The molecule has 0 unspecified atom stereocenters. The van der Waals surface area contributed by atoms with Crippen molar-refractivity contribution in [3.8, 4) is 0 Å². The van der Waals surface area contributed by atoms with Gasteiger partial charge in [0.2, 0.25) is 0 Å². The summed E-state index contributed by atoms with van der Waals surface area (Å²) in [6.45, 7) is 8.02. The normalized spacial score (nSPS) is 9.21. The van der Waals surface area contributed by atoms with Crippen molar-refractivity contribution in [1.29, 1.82) is 0 Å². The van der Waals surface area contributed by atoms with Crippen LogP contribution in [0.4, 0.5) is 0 Å². The van der Waals surface area contributed by atoms with Crippen molar-refractivity contribution >= 4 is 5.91 Å². The van der Waals surface area contributed by atoms with Crippen molar-refractivity contribution in [3.05, 3.63) is 23.8 Å². The molecule has 0 saturated heterocycles. The Morgan fingerprint density at radius 2 is 1.93 bits per heavy atom. The molecule has 80 valence electrons. The second-order valence-electron chi connectivity index (χ2n) is 2.85. The quantitative estimate of drug-likeness (QED) is 0.788. The molecule has 0 spiro atoms. The van der Waals surface area contributed by atoms with Gasteiger partial charge >= 0.3 is 0 Å². The van der Waals surface area contributed by atoms with Gasteiger partial charge in [-0.1, -0.05) is 27.7 Å². The number of hydrogen-bond acceptors (Lipinski definition) is 3. The van der Waals surface area contributed by atoms with Crippen molar-refractivity contribution in [2.75, 3.05) is 0 Å². The Hall–Kier alpha value is -1.45. The number of primary amides is 1. The van der Waals surface area contributed by atoms with E-state index in [9.17, 15) is 4.79 Å². The van der Waals surface area contributed by atoms with Crippen LogP contribution in [0, 0.1) is 0 Å². The average Bonchev–Trinajstić information content (AvgIpc) is 2.21. The van der Waals surface area contributed by atoms with Crippen LogP contribution >= 0.6 is 0 Å². The second kappa shape index (κ2) is 6.07. The van der Waals surface area contributed by atoms with Crippen molar-refractivity contribution in [2.45, 2.75) is 33.6 Å². The first-order valence-corrected chi connectivity index (χ1v) is 4.73. The molecule has 1 aromatic rings. The molecule has 0 atom stereocenters. The molecule has 0 saturated carbocycles. The van der Waals surface area contributed by atoms with E-state index in [1.54, 1.807) is 6.20 Å². The van der Waals surface area contributed by atoms with Crippen LogP contribution in [0.15, 0.2) is 12.4 Å². The van der Waals surface area contributed by atoms with Crippen molar-refractivity contribution in [3.63, 3.8) is 0 Å². The standard InChI is InChI=1S/C8H11N3O.C2H6.H2/c1-5(2)6-3-11-7(4-10-6)8(9)12;1-2;/h3-5H,1-2H3,(H2,9,12);1-2H3;1H.